The number of hydrogen-bond donors (Lipinski definition) is 2. The predicted octanol–water partition coefficient (Wildman–Crippen LogP) is 3.88. The van der Waals surface area contributed by atoms with Gasteiger partial charge in [-0.15, -0.1) is 35.3 Å². The highest BCUT2D eigenvalue weighted by atomic mass is 127. The smallest absolute Gasteiger partial charge is 0.188 e. The second-order valence-corrected chi connectivity index (χ2v) is 7.55. The van der Waals surface area contributed by atoms with Gasteiger partial charge in [0.15, 0.2) is 5.96 Å². The van der Waals surface area contributed by atoms with Crippen molar-refractivity contribution in [1.82, 2.24) is 5.32 Å². The van der Waals surface area contributed by atoms with E-state index in [2.05, 4.69) is 52.9 Å². The van der Waals surface area contributed by atoms with E-state index in [1.807, 2.05) is 0 Å². The number of halogens is 1. The standard InChI is InChI=1S/C20H27N3O2S.HI/c1-15-6-7-16(19(12-15)25-14-17-4-2-10-24-17)13-23-20(21)22-9-8-18-5-3-11-26-18;/h3,5-7,11-12,17H,2,4,8-10,13-14H2,1H3,(H3,21,22,23);1H. The summed E-state index contributed by atoms with van der Waals surface area (Å²) in [5, 5.41) is 5.26. The first-order chi connectivity index (χ1) is 12.7. The molecule has 5 nitrogen and oxygen atoms in total. The number of thiophene rings is 1. The molecular weight excluding hydrogens is 473 g/mol. The van der Waals surface area contributed by atoms with Crippen molar-refractivity contribution in [3.8, 4) is 5.75 Å². The number of aryl methyl sites for hydroxylation is 1. The van der Waals surface area contributed by atoms with Crippen molar-refractivity contribution in [2.45, 2.75) is 38.8 Å². The van der Waals surface area contributed by atoms with Crippen LogP contribution >= 0.6 is 35.3 Å². The maximum atomic E-state index is 6.01. The number of hydrogen-bond acceptors (Lipinski definition) is 4. The Balaban J connectivity index is 0.00000261. The molecule has 2 aromatic rings. The van der Waals surface area contributed by atoms with Gasteiger partial charge in [0.1, 0.15) is 12.4 Å². The number of aliphatic imine (C=N–C) groups is 1. The number of ether oxygens (including phenoxy) is 2. The molecule has 0 radical (unpaired) electrons. The van der Waals surface area contributed by atoms with Gasteiger partial charge < -0.3 is 20.5 Å². The van der Waals surface area contributed by atoms with Gasteiger partial charge in [0.25, 0.3) is 0 Å². The van der Waals surface area contributed by atoms with Gasteiger partial charge in [0.2, 0.25) is 0 Å². The van der Waals surface area contributed by atoms with Crippen LogP contribution in [0.3, 0.4) is 0 Å². The van der Waals surface area contributed by atoms with Crippen LogP contribution in [0.25, 0.3) is 0 Å². The lowest BCUT2D eigenvalue weighted by molar-refractivity contribution is 0.0676. The lowest BCUT2D eigenvalue weighted by atomic mass is 10.1. The van der Waals surface area contributed by atoms with E-state index >= 15 is 0 Å². The van der Waals surface area contributed by atoms with Crippen LogP contribution in [0.4, 0.5) is 0 Å². The summed E-state index contributed by atoms with van der Waals surface area (Å²) in [5.41, 5.74) is 8.20. The minimum Gasteiger partial charge on any atom is -0.491 e. The summed E-state index contributed by atoms with van der Waals surface area (Å²) in [6.45, 7) is 4.78. The molecule has 1 aliphatic heterocycles. The summed E-state index contributed by atoms with van der Waals surface area (Å²) in [4.78, 5) is 5.80. The lowest BCUT2D eigenvalue weighted by Gasteiger charge is -2.15. The largest absolute Gasteiger partial charge is 0.491 e. The van der Waals surface area contributed by atoms with Crippen molar-refractivity contribution in [3.05, 3.63) is 51.7 Å². The van der Waals surface area contributed by atoms with E-state index in [0.29, 0.717) is 19.1 Å². The molecule has 1 atom stereocenters. The molecule has 7 heteroatoms. The Hall–Kier alpha value is -1.32. The Kier molecular flexibility index (Phi) is 9.36. The van der Waals surface area contributed by atoms with E-state index in [4.69, 9.17) is 15.2 Å². The van der Waals surface area contributed by atoms with Gasteiger partial charge in [-0.3, -0.25) is 0 Å². The number of benzene rings is 1. The van der Waals surface area contributed by atoms with Crippen LogP contribution in [-0.2, 0) is 17.7 Å². The average molecular weight is 501 g/mol. The molecule has 0 bridgehead atoms. The van der Waals surface area contributed by atoms with Crippen molar-refractivity contribution in [1.29, 1.82) is 0 Å². The SMILES string of the molecule is Cc1ccc(CN=C(N)NCCc2cccs2)c(OCC2CCCO2)c1.I. The van der Waals surface area contributed by atoms with E-state index < -0.39 is 0 Å². The molecule has 1 aromatic heterocycles. The van der Waals surface area contributed by atoms with Crippen molar-refractivity contribution in [2.24, 2.45) is 10.7 Å². The molecule has 0 aliphatic carbocycles. The molecule has 1 saturated heterocycles. The Labute approximate surface area is 182 Å². The monoisotopic (exact) mass is 501 g/mol. The van der Waals surface area contributed by atoms with Crippen molar-refractivity contribution >= 4 is 41.3 Å². The third-order valence-electron chi connectivity index (χ3n) is 4.35. The van der Waals surface area contributed by atoms with E-state index in [9.17, 15) is 0 Å². The van der Waals surface area contributed by atoms with Gasteiger partial charge in [0.05, 0.1) is 12.6 Å². The van der Waals surface area contributed by atoms with Crippen LogP contribution in [0, 0.1) is 6.92 Å². The quantitative estimate of drug-likeness (QED) is 0.327. The Morgan fingerprint density at radius 1 is 1.41 bits per heavy atom. The van der Waals surface area contributed by atoms with Crippen molar-refractivity contribution < 1.29 is 9.47 Å². The summed E-state index contributed by atoms with van der Waals surface area (Å²) in [5.74, 6) is 1.34. The van der Waals surface area contributed by atoms with Crippen LogP contribution in [0.1, 0.15) is 28.8 Å². The van der Waals surface area contributed by atoms with E-state index in [-0.39, 0.29) is 30.1 Å². The Bertz CT molecular complexity index is 716. The van der Waals surface area contributed by atoms with E-state index in [1.165, 1.54) is 10.4 Å². The highest BCUT2D eigenvalue weighted by Gasteiger charge is 2.16. The van der Waals surface area contributed by atoms with Gasteiger partial charge in [-0.2, -0.15) is 0 Å². The highest BCUT2D eigenvalue weighted by molar-refractivity contribution is 14.0. The zero-order valence-electron chi connectivity index (χ0n) is 15.6. The summed E-state index contributed by atoms with van der Waals surface area (Å²) in [7, 11) is 0. The van der Waals surface area contributed by atoms with Gasteiger partial charge in [-0.25, -0.2) is 4.99 Å². The number of guanidine groups is 1. The van der Waals surface area contributed by atoms with Crippen LogP contribution in [-0.4, -0.2) is 31.8 Å². The summed E-state index contributed by atoms with van der Waals surface area (Å²) < 4.78 is 11.6. The molecule has 2 heterocycles. The van der Waals surface area contributed by atoms with Crippen molar-refractivity contribution in [3.63, 3.8) is 0 Å². The topological polar surface area (TPSA) is 68.9 Å². The summed E-state index contributed by atoms with van der Waals surface area (Å²) in [6, 6.07) is 10.4. The molecule has 1 aromatic carbocycles. The maximum absolute atomic E-state index is 6.01. The van der Waals surface area contributed by atoms with E-state index in [0.717, 1.165) is 43.7 Å². The fourth-order valence-electron chi connectivity index (χ4n) is 2.88. The van der Waals surface area contributed by atoms with Crippen LogP contribution in [0.5, 0.6) is 5.75 Å². The summed E-state index contributed by atoms with van der Waals surface area (Å²) >= 11 is 1.76. The Morgan fingerprint density at radius 2 is 2.30 bits per heavy atom. The van der Waals surface area contributed by atoms with Gasteiger partial charge >= 0.3 is 0 Å². The number of nitrogens with one attached hydrogen (secondary N) is 1. The molecule has 0 spiro atoms. The van der Waals surface area contributed by atoms with Crippen LogP contribution in [0.15, 0.2) is 40.7 Å². The molecule has 0 amide bonds. The molecule has 3 N–H and O–H groups in total. The molecule has 1 fully saturated rings. The predicted molar refractivity (Wildman–Crippen MR) is 122 cm³/mol. The molecule has 1 aliphatic rings. The number of nitrogens with two attached hydrogens (primary N) is 1. The minimum absolute atomic E-state index is 0. The molecule has 1 unspecified atom stereocenters. The number of nitrogens with zero attached hydrogens (tertiary/aromatic N) is 1. The maximum Gasteiger partial charge on any atom is 0.188 e. The van der Waals surface area contributed by atoms with Gasteiger partial charge in [-0.1, -0.05) is 18.2 Å². The molecular formula is C20H28IN3O2S. The van der Waals surface area contributed by atoms with Gasteiger partial charge in [0, 0.05) is 23.6 Å². The molecule has 27 heavy (non-hydrogen) atoms. The van der Waals surface area contributed by atoms with Gasteiger partial charge in [-0.05, 0) is 49.3 Å². The average Bonchev–Trinajstić information content (AvgIpc) is 3.33. The van der Waals surface area contributed by atoms with Crippen LogP contribution < -0.4 is 15.8 Å². The minimum atomic E-state index is 0. The molecule has 0 saturated carbocycles. The summed E-state index contributed by atoms with van der Waals surface area (Å²) in [6.07, 6.45) is 3.34. The fourth-order valence-corrected chi connectivity index (χ4v) is 3.59. The normalized spacial score (nSPS) is 16.8. The Morgan fingerprint density at radius 3 is 3.04 bits per heavy atom. The lowest BCUT2D eigenvalue weighted by Crippen LogP contribution is -2.33. The first-order valence-corrected chi connectivity index (χ1v) is 9.99. The van der Waals surface area contributed by atoms with Crippen molar-refractivity contribution in [2.75, 3.05) is 19.8 Å². The highest BCUT2D eigenvalue weighted by Crippen LogP contribution is 2.23. The fraction of sp³-hybridized carbons (Fsp3) is 0.450. The first kappa shape index (κ1) is 22.0. The second-order valence-electron chi connectivity index (χ2n) is 6.51. The third-order valence-corrected chi connectivity index (χ3v) is 5.28. The van der Waals surface area contributed by atoms with Crippen LogP contribution in [0.2, 0.25) is 0 Å². The zero-order chi connectivity index (χ0) is 18.2. The number of rotatable bonds is 8. The molecule has 148 valence electrons. The van der Waals surface area contributed by atoms with E-state index in [1.54, 1.807) is 11.3 Å². The first-order valence-electron chi connectivity index (χ1n) is 9.11. The second kappa shape index (κ2) is 11.5. The third kappa shape index (κ3) is 7.31. The molecule has 3 rings (SSSR count). The zero-order valence-corrected chi connectivity index (χ0v) is 18.8.